The summed E-state index contributed by atoms with van der Waals surface area (Å²) in [4.78, 5) is 9.87. The molecule has 0 saturated heterocycles. The molecule has 0 saturated carbocycles. The lowest BCUT2D eigenvalue weighted by atomic mass is 9.70. The second-order valence-electron chi connectivity index (χ2n) is 24.1. The van der Waals surface area contributed by atoms with Crippen molar-refractivity contribution >= 4 is 62.6 Å². The van der Waals surface area contributed by atoms with Crippen LogP contribution in [0.2, 0.25) is 0 Å². The second-order valence-corrected chi connectivity index (χ2v) is 24.1. The number of anilines is 11. The zero-order valence-corrected chi connectivity index (χ0v) is 50.4. The number of hydrogen-bond donors (Lipinski definition) is 0. The Morgan fingerprint density at radius 1 is 0.221 bits per heavy atom. The second kappa shape index (κ2) is 21.8. The van der Waals surface area contributed by atoms with Gasteiger partial charge in [-0.05, 0) is 283 Å². The lowest BCUT2D eigenvalue weighted by Crippen LogP contribution is -2.27. The van der Waals surface area contributed by atoms with E-state index in [0.717, 1.165) is 62.6 Å². The van der Waals surface area contributed by atoms with E-state index in [2.05, 4.69) is 342 Å². The van der Waals surface area contributed by atoms with E-state index in [0.29, 0.717) is 6.54 Å². The monoisotopic (exact) mass is 1110 g/mol. The summed E-state index contributed by atoms with van der Waals surface area (Å²) >= 11 is 0. The molecule has 14 rings (SSSR count). The van der Waals surface area contributed by atoms with Crippen LogP contribution in [0.15, 0.2) is 267 Å². The molecule has 0 radical (unpaired) electrons. The van der Waals surface area contributed by atoms with E-state index in [-0.39, 0.29) is 0 Å². The molecule has 0 bridgehead atoms. The van der Waals surface area contributed by atoms with E-state index in [1.807, 2.05) is 0 Å². The fourth-order valence-corrected chi connectivity index (χ4v) is 13.8. The van der Waals surface area contributed by atoms with Crippen molar-refractivity contribution in [2.45, 2.75) is 67.3 Å². The van der Waals surface area contributed by atoms with Gasteiger partial charge in [-0.15, -0.1) is 0 Å². The summed E-state index contributed by atoms with van der Waals surface area (Å²) in [5.41, 5.74) is 32.4. The van der Waals surface area contributed by atoms with Gasteiger partial charge in [0.25, 0.3) is 0 Å². The Labute approximate surface area is 508 Å². The lowest BCUT2D eigenvalue weighted by Gasteiger charge is -2.35. The largest absolute Gasteiger partial charge is 0.337 e. The first-order valence-electron chi connectivity index (χ1n) is 30.2. The molecule has 2 aliphatic carbocycles. The van der Waals surface area contributed by atoms with Crippen molar-refractivity contribution in [3.05, 3.63) is 339 Å². The van der Waals surface area contributed by atoms with E-state index in [1.165, 1.54) is 94.6 Å². The van der Waals surface area contributed by atoms with Crippen LogP contribution in [0.1, 0.15) is 72.3 Å². The highest BCUT2D eigenvalue weighted by atomic mass is 15.2. The number of nitrogens with zero attached hydrogens (tertiary/aromatic N) is 4. The quantitative estimate of drug-likeness (QED) is 0.114. The molecule has 86 heavy (non-hydrogen) atoms. The lowest BCUT2D eigenvalue weighted by molar-refractivity contribution is 0.790. The first kappa shape index (κ1) is 53.8. The van der Waals surface area contributed by atoms with Gasteiger partial charge in [-0.2, -0.15) is 0 Å². The molecule has 4 nitrogen and oxygen atoms in total. The third kappa shape index (κ3) is 9.62. The molecule has 418 valence electrons. The molecular formula is C82H70N4. The van der Waals surface area contributed by atoms with Crippen molar-refractivity contribution in [3.63, 3.8) is 0 Å². The van der Waals surface area contributed by atoms with Crippen LogP contribution in [0.4, 0.5) is 62.6 Å². The van der Waals surface area contributed by atoms with Gasteiger partial charge in [-0.1, -0.05) is 133 Å². The maximum Gasteiger partial charge on any atom is 0.0727 e. The van der Waals surface area contributed by atoms with E-state index in [4.69, 9.17) is 0 Å². The van der Waals surface area contributed by atoms with Crippen molar-refractivity contribution in [2.75, 3.05) is 19.6 Å². The average Bonchev–Trinajstić information content (AvgIpc) is 1.51. The van der Waals surface area contributed by atoms with E-state index in [1.54, 1.807) is 0 Å². The predicted octanol–water partition coefficient (Wildman–Crippen LogP) is 22.2. The van der Waals surface area contributed by atoms with Gasteiger partial charge in [0.2, 0.25) is 0 Å². The molecule has 1 spiro atoms. The number of rotatable bonds is 13. The molecular weight excluding hydrogens is 1040 g/mol. The molecule has 12 aromatic rings. The van der Waals surface area contributed by atoms with Gasteiger partial charge in [0.05, 0.1) is 5.41 Å². The molecule has 0 N–H and O–H groups in total. The van der Waals surface area contributed by atoms with Crippen LogP contribution < -0.4 is 19.6 Å². The van der Waals surface area contributed by atoms with Gasteiger partial charge < -0.3 is 19.6 Å². The van der Waals surface area contributed by atoms with Crippen molar-refractivity contribution in [1.29, 1.82) is 0 Å². The third-order valence-electron chi connectivity index (χ3n) is 17.6. The molecule has 4 heteroatoms. The van der Waals surface area contributed by atoms with Gasteiger partial charge in [0, 0.05) is 69.1 Å². The zero-order chi connectivity index (χ0) is 58.8. The van der Waals surface area contributed by atoms with Gasteiger partial charge in [-0.25, -0.2) is 0 Å². The highest BCUT2D eigenvalue weighted by molar-refractivity contribution is 5.99. The maximum absolute atomic E-state index is 2.57. The number of aryl methyl sites for hydroxylation is 8. The van der Waals surface area contributed by atoms with Crippen molar-refractivity contribution < 1.29 is 0 Å². The molecule has 12 aromatic carbocycles. The van der Waals surface area contributed by atoms with E-state index in [9.17, 15) is 0 Å². The Hall–Kier alpha value is -10.2. The van der Waals surface area contributed by atoms with Crippen LogP contribution >= 0.6 is 0 Å². The highest BCUT2D eigenvalue weighted by Gasteiger charge is 2.53. The van der Waals surface area contributed by atoms with Gasteiger partial charge in [0.15, 0.2) is 0 Å². The molecule has 0 heterocycles. The fraction of sp³-hybridized carbons (Fsp3) is 0.122. The summed E-state index contributed by atoms with van der Waals surface area (Å²) in [5.74, 6) is 0. The average molecular weight is 1110 g/mol. The smallest absolute Gasteiger partial charge is 0.0727 e. The van der Waals surface area contributed by atoms with Gasteiger partial charge in [0.1, 0.15) is 0 Å². The molecule has 0 atom stereocenters. The van der Waals surface area contributed by atoms with Crippen LogP contribution in [0, 0.1) is 55.4 Å². The molecule has 2 aliphatic rings. The minimum atomic E-state index is -0.814. The summed E-state index contributed by atoms with van der Waals surface area (Å²) in [5, 5.41) is 0. The van der Waals surface area contributed by atoms with Crippen LogP contribution in [0.5, 0.6) is 0 Å². The summed E-state index contributed by atoms with van der Waals surface area (Å²) in [7, 11) is 0. The SMILES string of the molecule is Cc1cccc(N(Cc2ccc3c(c2)C2(c4cc(N(c5cccc(C)c5)c5cccc(C)c5)ccc4-3)c3cc(N(c4cccc(C)c4)c4cccc(C)c4)ccc3-c3ccc(N(c4cccc(C)c4)c4cccc(C)c4)cc32)c2cccc(C)c2)c1. The zero-order valence-electron chi connectivity index (χ0n) is 50.4. The Morgan fingerprint density at radius 2 is 0.442 bits per heavy atom. The topological polar surface area (TPSA) is 13.0 Å². The minimum absolute atomic E-state index is 0.662. The number of hydrogen-bond acceptors (Lipinski definition) is 4. The molecule has 0 aliphatic heterocycles. The normalized spacial score (nSPS) is 12.3. The Morgan fingerprint density at radius 3 is 0.709 bits per heavy atom. The fourth-order valence-electron chi connectivity index (χ4n) is 13.8. The Bertz CT molecular complexity index is 4130. The standard InChI is InChI=1S/C82H70N4/c1-54-17-9-25-63(41-54)83(64-26-10-18-55(2)42-64)53-62-33-37-74-75-38-34-71(84(65-27-11-19-56(3)43-65)66-28-12-20-57(4)44-66)50-79(75)82(78(74)49-62)80-51-72(85(67-29-13-21-58(5)45-67)68-30-14-22-59(6)46-68)35-39-76(80)77-40-36-73(52-81(77)82)86(69-31-15-23-60(7)47-69)70-32-16-24-61(8)48-70/h9-52H,53H2,1-8H3. The van der Waals surface area contributed by atoms with Crippen LogP contribution in [-0.2, 0) is 12.0 Å². The van der Waals surface area contributed by atoms with Crippen LogP contribution in [0.3, 0.4) is 0 Å². The summed E-state index contributed by atoms with van der Waals surface area (Å²) in [6, 6.07) is 101. The van der Waals surface area contributed by atoms with Crippen molar-refractivity contribution in [2.24, 2.45) is 0 Å². The van der Waals surface area contributed by atoms with Crippen LogP contribution in [-0.4, -0.2) is 0 Å². The number of fused-ring (bicyclic) bond motifs is 10. The van der Waals surface area contributed by atoms with Crippen LogP contribution in [0.25, 0.3) is 22.3 Å². The highest BCUT2D eigenvalue weighted by Crippen LogP contribution is 2.65. The van der Waals surface area contributed by atoms with Gasteiger partial charge >= 0.3 is 0 Å². The number of benzene rings is 12. The Kier molecular flexibility index (Phi) is 13.6. The van der Waals surface area contributed by atoms with E-state index < -0.39 is 5.41 Å². The Balaban J connectivity index is 1.09. The minimum Gasteiger partial charge on any atom is -0.337 e. The molecule has 0 aromatic heterocycles. The van der Waals surface area contributed by atoms with Gasteiger partial charge in [-0.3, -0.25) is 0 Å². The van der Waals surface area contributed by atoms with Crippen molar-refractivity contribution in [3.8, 4) is 22.3 Å². The van der Waals surface area contributed by atoms with Crippen molar-refractivity contribution in [1.82, 2.24) is 0 Å². The third-order valence-corrected chi connectivity index (χ3v) is 17.6. The predicted molar refractivity (Wildman–Crippen MR) is 363 cm³/mol. The molecule has 0 fully saturated rings. The first-order valence-corrected chi connectivity index (χ1v) is 30.2. The summed E-state index contributed by atoms with van der Waals surface area (Å²) in [6.45, 7) is 18.2. The van der Waals surface area contributed by atoms with E-state index >= 15 is 0 Å². The summed E-state index contributed by atoms with van der Waals surface area (Å²) < 4.78 is 0. The summed E-state index contributed by atoms with van der Waals surface area (Å²) in [6.07, 6.45) is 0. The first-order chi connectivity index (χ1) is 41.9. The molecule has 0 amide bonds. The molecule has 0 unspecified atom stereocenters. The maximum atomic E-state index is 2.57.